The summed E-state index contributed by atoms with van der Waals surface area (Å²) >= 11 is 0. The van der Waals surface area contributed by atoms with Crippen molar-refractivity contribution in [1.82, 2.24) is 41.2 Å². The third kappa shape index (κ3) is 1.55. The summed E-state index contributed by atoms with van der Waals surface area (Å²) in [5.41, 5.74) is 0. The standard InChI is InChI=1S/C4H6N8O2/c13-4(14,3-7-11-12-8-3)1-2-5-9-10-6-2/h13-14H,1H2,(H,5,6,9,10)(H,7,8,11,12). The van der Waals surface area contributed by atoms with E-state index in [0.717, 1.165) is 0 Å². The predicted octanol–water partition coefficient (Wildman–Crippen LogP) is -2.91. The summed E-state index contributed by atoms with van der Waals surface area (Å²) in [5, 5.41) is 43.7. The number of nitrogens with one attached hydrogen (secondary N) is 2. The van der Waals surface area contributed by atoms with E-state index in [1.54, 1.807) is 0 Å². The van der Waals surface area contributed by atoms with E-state index < -0.39 is 5.79 Å². The molecular weight excluding hydrogens is 192 g/mol. The maximum Gasteiger partial charge on any atom is 0.236 e. The van der Waals surface area contributed by atoms with Crippen molar-refractivity contribution in [3.8, 4) is 0 Å². The van der Waals surface area contributed by atoms with Crippen LogP contribution in [0.1, 0.15) is 11.6 Å². The van der Waals surface area contributed by atoms with Gasteiger partial charge >= 0.3 is 0 Å². The lowest BCUT2D eigenvalue weighted by Gasteiger charge is -2.14. The summed E-state index contributed by atoms with van der Waals surface area (Å²) in [7, 11) is 0. The first-order valence-electron chi connectivity index (χ1n) is 3.59. The fourth-order valence-corrected chi connectivity index (χ4v) is 0.888. The summed E-state index contributed by atoms with van der Waals surface area (Å²) < 4.78 is 0. The van der Waals surface area contributed by atoms with Crippen LogP contribution < -0.4 is 0 Å². The van der Waals surface area contributed by atoms with Crippen molar-refractivity contribution in [1.29, 1.82) is 0 Å². The molecule has 0 amide bonds. The molecular formula is C4H6N8O2. The normalized spacial score (nSPS) is 11.9. The van der Waals surface area contributed by atoms with Crippen LogP contribution in [0.3, 0.4) is 0 Å². The van der Waals surface area contributed by atoms with Gasteiger partial charge in [0.1, 0.15) is 0 Å². The van der Waals surface area contributed by atoms with E-state index in [-0.39, 0.29) is 18.1 Å². The van der Waals surface area contributed by atoms with Crippen molar-refractivity contribution in [3.05, 3.63) is 11.6 Å². The van der Waals surface area contributed by atoms with Gasteiger partial charge in [-0.2, -0.15) is 10.4 Å². The molecule has 4 N–H and O–H groups in total. The summed E-state index contributed by atoms with van der Waals surface area (Å²) in [5.74, 6) is -2.36. The number of aliphatic hydroxyl groups is 2. The van der Waals surface area contributed by atoms with Gasteiger partial charge in [-0.05, 0) is 5.21 Å². The number of tetrazole rings is 2. The van der Waals surface area contributed by atoms with E-state index >= 15 is 0 Å². The molecule has 0 saturated heterocycles. The van der Waals surface area contributed by atoms with Crippen molar-refractivity contribution in [2.24, 2.45) is 0 Å². The molecule has 2 aromatic rings. The number of aromatic amines is 2. The number of hydrogen-bond donors (Lipinski definition) is 4. The Hall–Kier alpha value is -1.94. The number of nitrogens with zero attached hydrogens (tertiary/aromatic N) is 6. The summed E-state index contributed by atoms with van der Waals surface area (Å²) in [6.45, 7) is 0. The third-order valence-corrected chi connectivity index (χ3v) is 1.50. The highest BCUT2D eigenvalue weighted by atomic mass is 16.5. The molecule has 0 fully saturated rings. The molecule has 0 atom stereocenters. The highest BCUT2D eigenvalue weighted by Gasteiger charge is 2.33. The van der Waals surface area contributed by atoms with Gasteiger partial charge in [0, 0.05) is 0 Å². The Morgan fingerprint density at radius 2 is 1.79 bits per heavy atom. The Morgan fingerprint density at radius 3 is 2.36 bits per heavy atom. The zero-order chi connectivity index (χ0) is 10.0. The van der Waals surface area contributed by atoms with Gasteiger partial charge < -0.3 is 10.2 Å². The molecule has 0 radical (unpaired) electrons. The molecule has 0 saturated carbocycles. The molecule has 2 rings (SSSR count). The maximum atomic E-state index is 9.50. The lowest BCUT2D eigenvalue weighted by molar-refractivity contribution is -0.175. The zero-order valence-electron chi connectivity index (χ0n) is 6.78. The minimum absolute atomic E-state index is 0.139. The second-order valence-corrected chi connectivity index (χ2v) is 2.56. The van der Waals surface area contributed by atoms with Gasteiger partial charge in [0.25, 0.3) is 0 Å². The SMILES string of the molecule is OC(O)(Cc1nn[nH]n1)c1nn[nH]n1. The zero-order valence-corrected chi connectivity index (χ0v) is 6.78. The average molecular weight is 198 g/mol. The highest BCUT2D eigenvalue weighted by Crippen LogP contribution is 2.15. The second kappa shape index (κ2) is 3.08. The van der Waals surface area contributed by atoms with Gasteiger partial charge in [-0.25, -0.2) is 0 Å². The molecule has 2 aromatic heterocycles. The molecule has 0 aromatic carbocycles. The maximum absolute atomic E-state index is 9.50. The van der Waals surface area contributed by atoms with Crippen LogP contribution in [-0.4, -0.2) is 51.5 Å². The molecule has 2 heterocycles. The number of hydrogen-bond acceptors (Lipinski definition) is 8. The van der Waals surface area contributed by atoms with E-state index in [1.165, 1.54) is 0 Å². The van der Waals surface area contributed by atoms with Gasteiger partial charge in [-0.3, -0.25) is 0 Å². The first-order chi connectivity index (χ1) is 6.68. The van der Waals surface area contributed by atoms with Crippen LogP contribution in [0, 0.1) is 0 Å². The van der Waals surface area contributed by atoms with E-state index in [0.29, 0.717) is 0 Å². The Balaban J connectivity index is 2.17. The average Bonchev–Trinajstić information content (AvgIpc) is 2.71. The molecule has 0 unspecified atom stereocenters. The van der Waals surface area contributed by atoms with Crippen LogP contribution in [-0.2, 0) is 12.2 Å². The quantitative estimate of drug-likeness (QED) is 0.383. The number of aromatic nitrogens is 8. The monoisotopic (exact) mass is 198 g/mol. The molecule has 0 aliphatic rings. The van der Waals surface area contributed by atoms with Crippen molar-refractivity contribution < 1.29 is 10.2 Å². The summed E-state index contributed by atoms with van der Waals surface area (Å²) in [6.07, 6.45) is -0.275. The van der Waals surface area contributed by atoms with Crippen molar-refractivity contribution in [3.63, 3.8) is 0 Å². The van der Waals surface area contributed by atoms with Gasteiger partial charge in [-0.1, -0.05) is 5.21 Å². The van der Waals surface area contributed by atoms with Crippen molar-refractivity contribution >= 4 is 0 Å². The van der Waals surface area contributed by atoms with Gasteiger partial charge in [-0.15, -0.1) is 20.4 Å². The van der Waals surface area contributed by atoms with E-state index in [2.05, 4.69) is 41.2 Å². The Morgan fingerprint density at radius 1 is 1.07 bits per heavy atom. The predicted molar refractivity (Wildman–Crippen MR) is 38.2 cm³/mol. The fraction of sp³-hybridized carbons (Fsp3) is 0.500. The van der Waals surface area contributed by atoms with Gasteiger partial charge in [0.2, 0.25) is 11.6 Å². The van der Waals surface area contributed by atoms with E-state index in [4.69, 9.17) is 0 Å². The molecule has 0 spiro atoms. The summed E-state index contributed by atoms with van der Waals surface area (Å²) in [4.78, 5) is 0. The van der Waals surface area contributed by atoms with E-state index in [1.807, 2.05) is 0 Å². The minimum atomic E-state index is -2.25. The third-order valence-electron chi connectivity index (χ3n) is 1.50. The van der Waals surface area contributed by atoms with Crippen LogP contribution in [0.2, 0.25) is 0 Å². The Kier molecular flexibility index (Phi) is 1.90. The topological polar surface area (TPSA) is 149 Å². The molecule has 0 aliphatic heterocycles. The van der Waals surface area contributed by atoms with Crippen LogP contribution in [0.5, 0.6) is 0 Å². The largest absolute Gasteiger partial charge is 0.359 e. The minimum Gasteiger partial charge on any atom is -0.359 e. The summed E-state index contributed by atoms with van der Waals surface area (Å²) in [6, 6.07) is 0. The van der Waals surface area contributed by atoms with Crippen molar-refractivity contribution in [2.45, 2.75) is 12.2 Å². The molecule has 0 aliphatic carbocycles. The molecule has 10 heteroatoms. The number of H-pyrrole nitrogens is 2. The van der Waals surface area contributed by atoms with Gasteiger partial charge in [0.05, 0.1) is 6.42 Å². The Labute approximate surface area is 76.4 Å². The molecule has 0 bridgehead atoms. The smallest absolute Gasteiger partial charge is 0.236 e. The van der Waals surface area contributed by atoms with Crippen LogP contribution >= 0.6 is 0 Å². The first kappa shape index (κ1) is 8.65. The molecule has 74 valence electrons. The lowest BCUT2D eigenvalue weighted by atomic mass is 10.2. The van der Waals surface area contributed by atoms with Crippen LogP contribution in [0.15, 0.2) is 0 Å². The first-order valence-corrected chi connectivity index (χ1v) is 3.59. The second-order valence-electron chi connectivity index (χ2n) is 2.56. The van der Waals surface area contributed by atoms with Gasteiger partial charge in [0.15, 0.2) is 5.82 Å². The Bertz CT molecular complexity index is 379. The number of rotatable bonds is 3. The van der Waals surface area contributed by atoms with E-state index in [9.17, 15) is 10.2 Å². The van der Waals surface area contributed by atoms with Crippen molar-refractivity contribution in [2.75, 3.05) is 0 Å². The van der Waals surface area contributed by atoms with Crippen LogP contribution in [0.4, 0.5) is 0 Å². The van der Waals surface area contributed by atoms with Crippen LogP contribution in [0.25, 0.3) is 0 Å². The highest BCUT2D eigenvalue weighted by molar-refractivity contribution is 4.95. The lowest BCUT2D eigenvalue weighted by Crippen LogP contribution is -2.30. The molecule has 14 heavy (non-hydrogen) atoms. The molecule has 10 nitrogen and oxygen atoms in total. The fourth-order valence-electron chi connectivity index (χ4n) is 0.888.